The lowest BCUT2D eigenvalue weighted by Gasteiger charge is -2.32. The molecule has 0 radical (unpaired) electrons. The number of nitrogens with zero attached hydrogens (tertiary/aromatic N) is 2. The van der Waals surface area contributed by atoms with E-state index in [1.54, 1.807) is 0 Å². The van der Waals surface area contributed by atoms with Gasteiger partial charge in [-0.1, -0.05) is 30.5 Å². The van der Waals surface area contributed by atoms with E-state index in [0.29, 0.717) is 10.4 Å². The molecule has 0 aromatic carbocycles. The molecular weight excluding hydrogens is 264 g/mol. The van der Waals surface area contributed by atoms with Crippen molar-refractivity contribution in [3.05, 3.63) is 23.4 Å². The summed E-state index contributed by atoms with van der Waals surface area (Å²) < 4.78 is 0. The van der Waals surface area contributed by atoms with Crippen molar-refractivity contribution in [1.82, 2.24) is 9.88 Å². The Kier molecular flexibility index (Phi) is 5.34. The third kappa shape index (κ3) is 4.15. The van der Waals surface area contributed by atoms with Gasteiger partial charge >= 0.3 is 0 Å². The zero-order valence-corrected chi connectivity index (χ0v) is 12.7. The van der Waals surface area contributed by atoms with Gasteiger partial charge in [-0.05, 0) is 45.0 Å². The van der Waals surface area contributed by atoms with Crippen LogP contribution in [-0.2, 0) is 0 Å². The maximum Gasteiger partial charge on any atom is 0.130 e. The molecule has 2 unspecified atom stereocenters. The number of aromatic nitrogens is 1. The van der Waals surface area contributed by atoms with Gasteiger partial charge in [0.15, 0.2) is 0 Å². The Morgan fingerprint density at radius 1 is 1.33 bits per heavy atom. The normalized spacial score (nSPS) is 24.4. The number of rotatable bonds is 4. The van der Waals surface area contributed by atoms with Gasteiger partial charge in [-0.25, -0.2) is 4.98 Å². The smallest absolute Gasteiger partial charge is 0.130 e. The van der Waals surface area contributed by atoms with Crippen molar-refractivity contribution < 1.29 is 0 Å². The van der Waals surface area contributed by atoms with Crippen molar-refractivity contribution >= 4 is 23.4 Å². The zero-order chi connectivity index (χ0) is 13.0. The average molecular weight is 285 g/mol. The van der Waals surface area contributed by atoms with Gasteiger partial charge in [-0.2, -0.15) is 0 Å². The summed E-state index contributed by atoms with van der Waals surface area (Å²) in [7, 11) is 4.32. The molecule has 0 N–H and O–H groups in total. The van der Waals surface area contributed by atoms with Crippen molar-refractivity contribution in [3.63, 3.8) is 0 Å². The van der Waals surface area contributed by atoms with E-state index in [-0.39, 0.29) is 0 Å². The number of thioether (sulfide) groups is 1. The first-order valence-electron chi connectivity index (χ1n) is 6.59. The third-order valence-corrected chi connectivity index (χ3v) is 5.00. The van der Waals surface area contributed by atoms with Gasteiger partial charge in [-0.3, -0.25) is 0 Å². The highest BCUT2D eigenvalue weighted by Crippen LogP contribution is 2.37. The highest BCUT2D eigenvalue weighted by molar-refractivity contribution is 7.99. The second-order valence-electron chi connectivity index (χ2n) is 5.26. The summed E-state index contributed by atoms with van der Waals surface area (Å²) in [5, 5.41) is 2.35. The molecule has 1 fully saturated rings. The summed E-state index contributed by atoms with van der Waals surface area (Å²) >= 11 is 7.86. The Bertz CT molecular complexity index is 384. The van der Waals surface area contributed by atoms with Crippen LogP contribution >= 0.6 is 23.4 Å². The lowest BCUT2D eigenvalue weighted by atomic mass is 9.88. The Morgan fingerprint density at radius 3 is 2.83 bits per heavy atom. The fraction of sp³-hybridized carbons (Fsp3) is 0.643. The summed E-state index contributed by atoms with van der Waals surface area (Å²) in [6.07, 6.45) is 5.37. The van der Waals surface area contributed by atoms with Gasteiger partial charge < -0.3 is 4.90 Å². The average Bonchev–Trinajstić information content (AvgIpc) is 2.31. The Balaban J connectivity index is 2.00. The molecule has 2 rings (SSSR count). The number of pyridine rings is 1. The summed E-state index contributed by atoms with van der Waals surface area (Å²) in [6.45, 7) is 1.18. The van der Waals surface area contributed by atoms with Crippen molar-refractivity contribution in [2.24, 2.45) is 5.92 Å². The zero-order valence-electron chi connectivity index (χ0n) is 11.1. The van der Waals surface area contributed by atoms with Crippen LogP contribution in [0, 0.1) is 5.92 Å². The predicted molar refractivity (Wildman–Crippen MR) is 79.4 cm³/mol. The summed E-state index contributed by atoms with van der Waals surface area (Å²) in [5.74, 6) is 0.777. The minimum atomic E-state index is 0.597. The van der Waals surface area contributed by atoms with Gasteiger partial charge in [0, 0.05) is 11.8 Å². The Hall–Kier alpha value is -0.250. The topological polar surface area (TPSA) is 16.1 Å². The van der Waals surface area contributed by atoms with Crippen LogP contribution in [0.15, 0.2) is 23.2 Å². The van der Waals surface area contributed by atoms with E-state index in [1.807, 2.05) is 23.9 Å². The van der Waals surface area contributed by atoms with Crippen molar-refractivity contribution in [2.45, 2.75) is 36.0 Å². The van der Waals surface area contributed by atoms with Crippen LogP contribution in [0.25, 0.3) is 0 Å². The molecule has 1 aliphatic carbocycles. The second kappa shape index (κ2) is 6.78. The summed E-state index contributed by atoms with van der Waals surface area (Å²) in [5.41, 5.74) is 0. The van der Waals surface area contributed by atoms with Crippen molar-refractivity contribution in [2.75, 3.05) is 20.6 Å². The standard InChI is InChI=1S/C14H21ClN2S/c1-17(2)10-11-6-3-4-7-12(11)18-14-9-5-8-13(15)16-14/h5,8-9,11-12H,3-4,6-7,10H2,1-2H3. The number of halogens is 1. The van der Waals surface area contributed by atoms with Crippen LogP contribution in [0.3, 0.4) is 0 Å². The molecule has 0 spiro atoms. The molecule has 0 aliphatic heterocycles. The van der Waals surface area contributed by atoms with Crippen LogP contribution in [-0.4, -0.2) is 35.8 Å². The summed E-state index contributed by atoms with van der Waals surface area (Å²) in [4.78, 5) is 6.70. The molecule has 4 heteroatoms. The van der Waals surface area contributed by atoms with Gasteiger partial charge in [0.2, 0.25) is 0 Å². The largest absolute Gasteiger partial charge is 0.309 e. The van der Waals surface area contributed by atoms with Gasteiger partial charge in [0.25, 0.3) is 0 Å². The molecule has 18 heavy (non-hydrogen) atoms. The van der Waals surface area contributed by atoms with Gasteiger partial charge in [-0.15, -0.1) is 11.8 Å². The van der Waals surface area contributed by atoms with Crippen LogP contribution in [0.1, 0.15) is 25.7 Å². The molecule has 1 aromatic heterocycles. The molecule has 1 aromatic rings. The molecule has 1 aliphatic rings. The minimum Gasteiger partial charge on any atom is -0.309 e. The maximum absolute atomic E-state index is 5.95. The molecule has 1 heterocycles. The lowest BCUT2D eigenvalue weighted by molar-refractivity contribution is 0.271. The van der Waals surface area contributed by atoms with Crippen LogP contribution in [0.5, 0.6) is 0 Å². The second-order valence-corrected chi connectivity index (χ2v) is 6.91. The SMILES string of the molecule is CN(C)CC1CCCCC1Sc1cccc(Cl)n1. The first-order chi connectivity index (χ1) is 8.65. The van der Waals surface area contributed by atoms with Gasteiger partial charge in [0.1, 0.15) is 5.15 Å². The number of hydrogen-bond acceptors (Lipinski definition) is 3. The molecule has 2 atom stereocenters. The maximum atomic E-state index is 5.95. The molecule has 0 bridgehead atoms. The van der Waals surface area contributed by atoms with Crippen LogP contribution < -0.4 is 0 Å². The highest BCUT2D eigenvalue weighted by atomic mass is 35.5. The Morgan fingerprint density at radius 2 is 2.11 bits per heavy atom. The lowest BCUT2D eigenvalue weighted by Crippen LogP contribution is -2.31. The molecule has 2 nitrogen and oxygen atoms in total. The van der Waals surface area contributed by atoms with Crippen molar-refractivity contribution in [1.29, 1.82) is 0 Å². The van der Waals surface area contributed by atoms with E-state index < -0.39 is 0 Å². The van der Waals surface area contributed by atoms with E-state index in [1.165, 1.54) is 32.2 Å². The van der Waals surface area contributed by atoms with E-state index in [2.05, 4.69) is 30.0 Å². The number of hydrogen-bond donors (Lipinski definition) is 0. The monoisotopic (exact) mass is 284 g/mol. The molecule has 0 amide bonds. The fourth-order valence-electron chi connectivity index (χ4n) is 2.62. The van der Waals surface area contributed by atoms with Crippen LogP contribution in [0.4, 0.5) is 0 Å². The van der Waals surface area contributed by atoms with E-state index in [9.17, 15) is 0 Å². The first-order valence-corrected chi connectivity index (χ1v) is 7.85. The molecule has 1 saturated carbocycles. The predicted octanol–water partition coefficient (Wildman–Crippen LogP) is 3.95. The summed E-state index contributed by atoms with van der Waals surface area (Å²) in [6, 6.07) is 5.89. The Labute approximate surface area is 119 Å². The quantitative estimate of drug-likeness (QED) is 0.779. The minimum absolute atomic E-state index is 0.597. The third-order valence-electron chi connectivity index (χ3n) is 3.40. The molecule has 100 valence electrons. The van der Waals surface area contributed by atoms with E-state index in [0.717, 1.165) is 10.9 Å². The van der Waals surface area contributed by atoms with Crippen LogP contribution in [0.2, 0.25) is 5.15 Å². The fourth-order valence-corrected chi connectivity index (χ4v) is 4.15. The first kappa shape index (κ1) is 14.2. The highest BCUT2D eigenvalue weighted by Gasteiger charge is 2.26. The molecular formula is C14H21ClN2S. The van der Waals surface area contributed by atoms with E-state index in [4.69, 9.17) is 11.6 Å². The van der Waals surface area contributed by atoms with Crippen molar-refractivity contribution in [3.8, 4) is 0 Å². The van der Waals surface area contributed by atoms with E-state index >= 15 is 0 Å². The van der Waals surface area contributed by atoms with Gasteiger partial charge in [0.05, 0.1) is 5.03 Å². The molecule has 0 saturated heterocycles.